The molecular formula is C21H28N4O3. The Kier molecular flexibility index (Phi) is 6.46. The van der Waals surface area contributed by atoms with Crippen LogP contribution < -0.4 is 5.32 Å². The van der Waals surface area contributed by atoms with Crippen LogP contribution >= 0.6 is 0 Å². The third-order valence-corrected chi connectivity index (χ3v) is 5.25. The molecule has 2 heterocycles. The molecular weight excluding hydrogens is 356 g/mol. The van der Waals surface area contributed by atoms with Crippen molar-refractivity contribution in [1.29, 1.82) is 0 Å². The van der Waals surface area contributed by atoms with Gasteiger partial charge in [0.15, 0.2) is 0 Å². The Morgan fingerprint density at radius 1 is 1.21 bits per heavy atom. The Balaban J connectivity index is 1.41. The van der Waals surface area contributed by atoms with E-state index < -0.39 is 5.60 Å². The standard InChI is InChI=1S/C21H28N4O3/c1-17-4-6-18(7-5-17)16-19(26)24-14-8-21(28,9-15-24)20(27)22-10-2-12-25-13-3-11-23-25/h3-7,11,13,28H,2,8-10,12,14-16H2,1H3,(H,22,27). The largest absolute Gasteiger partial charge is 0.380 e. The van der Waals surface area contributed by atoms with E-state index in [2.05, 4.69) is 10.4 Å². The molecule has 2 N–H and O–H groups in total. The number of piperidine rings is 1. The predicted octanol–water partition coefficient (Wildman–Crippen LogP) is 1.29. The van der Waals surface area contributed by atoms with E-state index in [0.29, 0.717) is 32.6 Å². The summed E-state index contributed by atoms with van der Waals surface area (Å²) in [6.45, 7) is 3.99. The molecule has 0 radical (unpaired) electrons. The van der Waals surface area contributed by atoms with E-state index in [1.807, 2.05) is 43.5 Å². The van der Waals surface area contributed by atoms with Crippen molar-refractivity contribution < 1.29 is 14.7 Å². The summed E-state index contributed by atoms with van der Waals surface area (Å²) < 4.78 is 1.80. The second-order valence-corrected chi connectivity index (χ2v) is 7.45. The van der Waals surface area contributed by atoms with Crippen LogP contribution in [-0.2, 0) is 22.6 Å². The van der Waals surface area contributed by atoms with Gasteiger partial charge >= 0.3 is 0 Å². The van der Waals surface area contributed by atoms with E-state index in [9.17, 15) is 14.7 Å². The average Bonchev–Trinajstić information content (AvgIpc) is 3.21. The molecule has 150 valence electrons. The molecule has 0 atom stereocenters. The predicted molar refractivity (Wildman–Crippen MR) is 106 cm³/mol. The van der Waals surface area contributed by atoms with Gasteiger partial charge in [0.25, 0.3) is 5.91 Å². The van der Waals surface area contributed by atoms with Crippen molar-refractivity contribution in [2.45, 2.75) is 44.8 Å². The van der Waals surface area contributed by atoms with E-state index in [1.54, 1.807) is 15.8 Å². The van der Waals surface area contributed by atoms with Gasteiger partial charge < -0.3 is 15.3 Å². The second kappa shape index (κ2) is 9.01. The molecule has 2 amide bonds. The lowest BCUT2D eigenvalue weighted by Crippen LogP contribution is -2.55. The molecule has 0 spiro atoms. The molecule has 1 aliphatic rings. The third kappa shape index (κ3) is 5.19. The Bertz CT molecular complexity index is 778. The molecule has 0 saturated carbocycles. The van der Waals surface area contributed by atoms with Gasteiger partial charge in [0.05, 0.1) is 6.42 Å². The number of hydrogen-bond acceptors (Lipinski definition) is 4. The highest BCUT2D eigenvalue weighted by Crippen LogP contribution is 2.23. The monoisotopic (exact) mass is 384 g/mol. The van der Waals surface area contributed by atoms with Gasteiger partial charge in [0.2, 0.25) is 5.91 Å². The number of rotatable bonds is 7. The van der Waals surface area contributed by atoms with Gasteiger partial charge in [0, 0.05) is 51.4 Å². The van der Waals surface area contributed by atoms with Crippen molar-refractivity contribution in [3.63, 3.8) is 0 Å². The van der Waals surface area contributed by atoms with Crippen LogP contribution in [0.4, 0.5) is 0 Å². The van der Waals surface area contributed by atoms with E-state index in [-0.39, 0.29) is 24.7 Å². The zero-order chi connectivity index (χ0) is 20.0. The summed E-state index contributed by atoms with van der Waals surface area (Å²) in [6, 6.07) is 9.77. The first kappa shape index (κ1) is 20.1. The SMILES string of the molecule is Cc1ccc(CC(=O)N2CCC(O)(C(=O)NCCCn3cccn3)CC2)cc1. The van der Waals surface area contributed by atoms with Gasteiger partial charge in [-0.1, -0.05) is 29.8 Å². The topological polar surface area (TPSA) is 87.5 Å². The molecule has 0 unspecified atom stereocenters. The Labute approximate surface area is 165 Å². The highest BCUT2D eigenvalue weighted by Gasteiger charge is 2.40. The number of nitrogens with zero attached hydrogens (tertiary/aromatic N) is 3. The van der Waals surface area contributed by atoms with Gasteiger partial charge in [-0.05, 0) is 25.0 Å². The number of aromatic nitrogens is 2. The molecule has 2 aromatic rings. The summed E-state index contributed by atoms with van der Waals surface area (Å²) >= 11 is 0. The zero-order valence-electron chi connectivity index (χ0n) is 16.3. The maximum absolute atomic E-state index is 12.5. The maximum Gasteiger partial charge on any atom is 0.252 e. The number of aliphatic hydroxyl groups is 1. The number of benzene rings is 1. The van der Waals surface area contributed by atoms with E-state index in [1.165, 1.54) is 0 Å². The quantitative estimate of drug-likeness (QED) is 0.705. The lowest BCUT2D eigenvalue weighted by Gasteiger charge is -2.37. The van der Waals surface area contributed by atoms with Crippen LogP contribution in [0.5, 0.6) is 0 Å². The lowest BCUT2D eigenvalue weighted by atomic mass is 9.90. The summed E-state index contributed by atoms with van der Waals surface area (Å²) in [5, 5.41) is 17.6. The number of likely N-dealkylation sites (tertiary alicyclic amines) is 1. The third-order valence-electron chi connectivity index (χ3n) is 5.25. The maximum atomic E-state index is 12.5. The smallest absolute Gasteiger partial charge is 0.252 e. The van der Waals surface area contributed by atoms with Crippen LogP contribution in [0.2, 0.25) is 0 Å². The minimum Gasteiger partial charge on any atom is -0.380 e. The van der Waals surface area contributed by atoms with Crippen LogP contribution in [0, 0.1) is 6.92 Å². The van der Waals surface area contributed by atoms with Crippen molar-refractivity contribution in [2.24, 2.45) is 0 Å². The van der Waals surface area contributed by atoms with Gasteiger partial charge in [-0.2, -0.15) is 5.10 Å². The fourth-order valence-corrected chi connectivity index (χ4v) is 3.39. The fraction of sp³-hybridized carbons (Fsp3) is 0.476. The Morgan fingerprint density at radius 2 is 1.93 bits per heavy atom. The minimum absolute atomic E-state index is 0.0329. The number of carbonyl (C=O) groups excluding carboxylic acids is 2. The van der Waals surface area contributed by atoms with Gasteiger partial charge in [0.1, 0.15) is 5.60 Å². The van der Waals surface area contributed by atoms with Crippen molar-refractivity contribution in [3.05, 3.63) is 53.9 Å². The number of carbonyl (C=O) groups is 2. The first-order valence-electron chi connectivity index (χ1n) is 9.78. The van der Waals surface area contributed by atoms with Crippen LogP contribution in [0.15, 0.2) is 42.7 Å². The molecule has 0 aliphatic carbocycles. The number of amides is 2. The summed E-state index contributed by atoms with van der Waals surface area (Å²) in [5.41, 5.74) is 0.744. The van der Waals surface area contributed by atoms with Crippen LogP contribution in [0.1, 0.15) is 30.4 Å². The van der Waals surface area contributed by atoms with Crippen LogP contribution in [0.25, 0.3) is 0 Å². The van der Waals surface area contributed by atoms with E-state index in [0.717, 1.165) is 17.5 Å². The zero-order valence-corrected chi connectivity index (χ0v) is 16.3. The molecule has 7 heteroatoms. The van der Waals surface area contributed by atoms with Crippen molar-refractivity contribution in [3.8, 4) is 0 Å². The summed E-state index contributed by atoms with van der Waals surface area (Å²) in [7, 11) is 0. The van der Waals surface area contributed by atoms with Crippen LogP contribution in [0.3, 0.4) is 0 Å². The van der Waals surface area contributed by atoms with Crippen molar-refractivity contribution >= 4 is 11.8 Å². The highest BCUT2D eigenvalue weighted by molar-refractivity contribution is 5.85. The van der Waals surface area contributed by atoms with E-state index >= 15 is 0 Å². The molecule has 3 rings (SSSR count). The molecule has 28 heavy (non-hydrogen) atoms. The first-order valence-corrected chi connectivity index (χ1v) is 9.78. The normalized spacial score (nSPS) is 16.0. The number of hydrogen-bond donors (Lipinski definition) is 2. The molecule has 1 aromatic heterocycles. The van der Waals surface area contributed by atoms with Gasteiger partial charge in [-0.25, -0.2) is 0 Å². The Morgan fingerprint density at radius 3 is 2.57 bits per heavy atom. The van der Waals surface area contributed by atoms with Crippen molar-refractivity contribution in [1.82, 2.24) is 20.0 Å². The summed E-state index contributed by atoms with van der Waals surface area (Å²) in [5.74, 6) is -0.316. The molecule has 1 aliphatic heterocycles. The second-order valence-electron chi connectivity index (χ2n) is 7.45. The minimum atomic E-state index is -1.40. The Hall–Kier alpha value is -2.67. The van der Waals surface area contributed by atoms with Crippen molar-refractivity contribution in [2.75, 3.05) is 19.6 Å². The molecule has 1 aromatic carbocycles. The molecule has 1 saturated heterocycles. The van der Waals surface area contributed by atoms with Gasteiger partial charge in [-0.3, -0.25) is 14.3 Å². The van der Waals surface area contributed by atoms with Gasteiger partial charge in [-0.15, -0.1) is 0 Å². The van der Waals surface area contributed by atoms with Crippen LogP contribution in [-0.4, -0.2) is 56.8 Å². The molecule has 7 nitrogen and oxygen atoms in total. The molecule has 0 bridgehead atoms. The number of nitrogens with one attached hydrogen (secondary N) is 1. The fourth-order valence-electron chi connectivity index (χ4n) is 3.39. The molecule has 1 fully saturated rings. The summed E-state index contributed by atoms with van der Waals surface area (Å²) in [6.07, 6.45) is 5.20. The lowest BCUT2D eigenvalue weighted by molar-refractivity contribution is -0.149. The summed E-state index contributed by atoms with van der Waals surface area (Å²) in [4.78, 5) is 26.6. The number of aryl methyl sites for hydroxylation is 2. The highest BCUT2D eigenvalue weighted by atomic mass is 16.3. The van der Waals surface area contributed by atoms with E-state index in [4.69, 9.17) is 0 Å². The average molecular weight is 384 g/mol. The first-order chi connectivity index (χ1) is 13.5.